The SMILES string of the molecule is CCn1c(C(=O)O)cc2c(OC)ccc(OC)c21. The van der Waals surface area contributed by atoms with Gasteiger partial charge in [0.2, 0.25) is 0 Å². The van der Waals surface area contributed by atoms with Crippen LogP contribution in [-0.2, 0) is 6.54 Å². The topological polar surface area (TPSA) is 60.7 Å². The Hall–Kier alpha value is -2.17. The van der Waals surface area contributed by atoms with E-state index in [0.717, 1.165) is 10.9 Å². The maximum Gasteiger partial charge on any atom is 0.352 e. The third kappa shape index (κ3) is 1.68. The third-order valence-corrected chi connectivity index (χ3v) is 2.96. The third-order valence-electron chi connectivity index (χ3n) is 2.96. The van der Waals surface area contributed by atoms with E-state index in [9.17, 15) is 9.90 Å². The van der Waals surface area contributed by atoms with Crippen molar-refractivity contribution in [2.75, 3.05) is 14.2 Å². The average molecular weight is 249 g/mol. The van der Waals surface area contributed by atoms with E-state index in [1.54, 1.807) is 37.0 Å². The molecular weight excluding hydrogens is 234 g/mol. The molecular formula is C13H15NO4. The molecule has 5 nitrogen and oxygen atoms in total. The van der Waals surface area contributed by atoms with Gasteiger partial charge in [0.25, 0.3) is 0 Å². The van der Waals surface area contributed by atoms with Crippen LogP contribution in [0.15, 0.2) is 18.2 Å². The van der Waals surface area contributed by atoms with Gasteiger partial charge in [-0.05, 0) is 25.1 Å². The molecule has 0 bridgehead atoms. The number of aromatic carboxylic acids is 1. The van der Waals surface area contributed by atoms with Gasteiger partial charge in [-0.2, -0.15) is 0 Å². The van der Waals surface area contributed by atoms with Crippen molar-refractivity contribution in [1.29, 1.82) is 0 Å². The largest absolute Gasteiger partial charge is 0.496 e. The molecule has 0 aliphatic rings. The van der Waals surface area contributed by atoms with Gasteiger partial charge in [-0.3, -0.25) is 0 Å². The summed E-state index contributed by atoms with van der Waals surface area (Å²) in [5.74, 6) is 0.317. The summed E-state index contributed by atoms with van der Waals surface area (Å²) in [5, 5.41) is 9.97. The molecule has 1 heterocycles. The molecule has 0 spiro atoms. The Morgan fingerprint density at radius 2 is 1.89 bits per heavy atom. The van der Waals surface area contributed by atoms with Crippen molar-refractivity contribution in [2.24, 2.45) is 0 Å². The number of carboxylic acids is 1. The molecule has 1 aromatic heterocycles. The molecule has 0 fully saturated rings. The van der Waals surface area contributed by atoms with Gasteiger partial charge in [0, 0.05) is 11.9 Å². The minimum Gasteiger partial charge on any atom is -0.496 e. The first-order valence-electron chi connectivity index (χ1n) is 5.61. The van der Waals surface area contributed by atoms with E-state index < -0.39 is 5.97 Å². The van der Waals surface area contributed by atoms with Crippen molar-refractivity contribution >= 4 is 16.9 Å². The summed E-state index contributed by atoms with van der Waals surface area (Å²) in [6.45, 7) is 2.44. The molecule has 2 rings (SSSR count). The second-order valence-electron chi connectivity index (χ2n) is 3.81. The zero-order chi connectivity index (χ0) is 13.3. The summed E-state index contributed by atoms with van der Waals surface area (Å²) >= 11 is 0. The molecule has 0 saturated carbocycles. The number of benzene rings is 1. The van der Waals surface area contributed by atoms with E-state index in [-0.39, 0.29) is 5.69 Å². The van der Waals surface area contributed by atoms with Gasteiger partial charge in [0.15, 0.2) is 0 Å². The Morgan fingerprint density at radius 1 is 1.28 bits per heavy atom. The quantitative estimate of drug-likeness (QED) is 0.903. The number of methoxy groups -OCH3 is 2. The zero-order valence-electron chi connectivity index (χ0n) is 10.6. The summed E-state index contributed by atoms with van der Waals surface area (Å²) in [6, 6.07) is 5.16. The summed E-state index contributed by atoms with van der Waals surface area (Å²) < 4.78 is 12.3. The van der Waals surface area contributed by atoms with Gasteiger partial charge >= 0.3 is 5.97 Å². The maximum atomic E-state index is 11.2. The molecule has 0 aliphatic heterocycles. The monoisotopic (exact) mass is 249 g/mol. The number of ether oxygens (including phenoxy) is 2. The number of rotatable bonds is 4. The second-order valence-corrected chi connectivity index (χ2v) is 3.81. The van der Waals surface area contributed by atoms with Crippen LogP contribution in [0.4, 0.5) is 0 Å². The van der Waals surface area contributed by atoms with Crippen molar-refractivity contribution in [1.82, 2.24) is 4.57 Å². The minimum atomic E-state index is -0.961. The summed E-state index contributed by atoms with van der Waals surface area (Å²) in [7, 11) is 3.12. The maximum absolute atomic E-state index is 11.2. The van der Waals surface area contributed by atoms with Gasteiger partial charge in [0.05, 0.1) is 19.7 Å². The van der Waals surface area contributed by atoms with E-state index in [2.05, 4.69) is 0 Å². The number of hydrogen-bond donors (Lipinski definition) is 1. The molecule has 0 saturated heterocycles. The van der Waals surface area contributed by atoms with Crippen LogP contribution in [0.3, 0.4) is 0 Å². The van der Waals surface area contributed by atoms with Gasteiger partial charge in [-0.15, -0.1) is 0 Å². The van der Waals surface area contributed by atoms with Crippen LogP contribution < -0.4 is 9.47 Å². The summed E-state index contributed by atoms with van der Waals surface area (Å²) in [6.07, 6.45) is 0. The Balaban J connectivity index is 2.89. The lowest BCUT2D eigenvalue weighted by molar-refractivity contribution is 0.0686. The van der Waals surface area contributed by atoms with Gasteiger partial charge in [-0.1, -0.05) is 0 Å². The smallest absolute Gasteiger partial charge is 0.352 e. The van der Waals surface area contributed by atoms with E-state index in [4.69, 9.17) is 9.47 Å². The fraction of sp³-hybridized carbons (Fsp3) is 0.308. The molecule has 0 aliphatic carbocycles. The Kier molecular flexibility index (Phi) is 3.14. The molecule has 2 aromatic rings. The van der Waals surface area contributed by atoms with Crippen molar-refractivity contribution in [3.63, 3.8) is 0 Å². The normalized spacial score (nSPS) is 10.6. The van der Waals surface area contributed by atoms with E-state index in [0.29, 0.717) is 18.0 Å². The molecule has 0 radical (unpaired) electrons. The number of aromatic nitrogens is 1. The van der Waals surface area contributed by atoms with Crippen molar-refractivity contribution in [3.05, 3.63) is 23.9 Å². The van der Waals surface area contributed by atoms with Crippen molar-refractivity contribution in [2.45, 2.75) is 13.5 Å². The van der Waals surface area contributed by atoms with Crippen LogP contribution in [0.5, 0.6) is 11.5 Å². The van der Waals surface area contributed by atoms with Crippen LogP contribution in [0.1, 0.15) is 17.4 Å². The van der Waals surface area contributed by atoms with Crippen LogP contribution in [0.2, 0.25) is 0 Å². The standard InChI is InChI=1S/C13H15NO4/c1-4-14-9(13(15)16)7-8-10(17-2)5-6-11(18-3)12(8)14/h5-7H,4H2,1-3H3,(H,15,16). The zero-order valence-corrected chi connectivity index (χ0v) is 10.6. The second kappa shape index (κ2) is 4.60. The molecule has 96 valence electrons. The highest BCUT2D eigenvalue weighted by molar-refractivity contribution is 5.99. The van der Waals surface area contributed by atoms with Crippen LogP contribution in [0, 0.1) is 0 Å². The van der Waals surface area contributed by atoms with Crippen molar-refractivity contribution in [3.8, 4) is 11.5 Å². The number of aryl methyl sites for hydroxylation is 1. The number of hydrogen-bond acceptors (Lipinski definition) is 3. The lowest BCUT2D eigenvalue weighted by Crippen LogP contribution is -2.07. The summed E-state index contributed by atoms with van der Waals surface area (Å²) in [4.78, 5) is 11.2. The molecule has 1 N–H and O–H groups in total. The number of carboxylic acid groups (broad SMARTS) is 1. The van der Waals surface area contributed by atoms with Gasteiger partial charge in [0.1, 0.15) is 17.2 Å². The Bertz CT molecular complexity index is 601. The lowest BCUT2D eigenvalue weighted by Gasteiger charge is -2.10. The Morgan fingerprint density at radius 3 is 2.39 bits per heavy atom. The predicted molar refractivity (Wildman–Crippen MR) is 67.7 cm³/mol. The molecule has 0 unspecified atom stereocenters. The number of carbonyl (C=O) groups is 1. The van der Waals surface area contributed by atoms with E-state index in [1.807, 2.05) is 6.92 Å². The van der Waals surface area contributed by atoms with Crippen LogP contribution in [-0.4, -0.2) is 29.9 Å². The highest BCUT2D eigenvalue weighted by Gasteiger charge is 2.19. The van der Waals surface area contributed by atoms with Crippen LogP contribution in [0.25, 0.3) is 10.9 Å². The number of fused-ring (bicyclic) bond motifs is 1. The molecule has 5 heteroatoms. The highest BCUT2D eigenvalue weighted by atomic mass is 16.5. The lowest BCUT2D eigenvalue weighted by atomic mass is 10.2. The van der Waals surface area contributed by atoms with Gasteiger partial charge < -0.3 is 19.1 Å². The fourth-order valence-electron chi connectivity index (χ4n) is 2.17. The minimum absolute atomic E-state index is 0.232. The highest BCUT2D eigenvalue weighted by Crippen LogP contribution is 2.35. The van der Waals surface area contributed by atoms with Crippen LogP contribution >= 0.6 is 0 Å². The molecule has 0 amide bonds. The van der Waals surface area contributed by atoms with E-state index >= 15 is 0 Å². The number of nitrogens with zero attached hydrogens (tertiary/aromatic N) is 1. The van der Waals surface area contributed by atoms with E-state index in [1.165, 1.54) is 0 Å². The first-order valence-corrected chi connectivity index (χ1v) is 5.61. The predicted octanol–water partition coefficient (Wildman–Crippen LogP) is 2.38. The molecule has 18 heavy (non-hydrogen) atoms. The van der Waals surface area contributed by atoms with Gasteiger partial charge in [-0.25, -0.2) is 4.79 Å². The fourth-order valence-corrected chi connectivity index (χ4v) is 2.17. The Labute approximate surface area is 105 Å². The molecule has 0 atom stereocenters. The first-order chi connectivity index (χ1) is 8.63. The van der Waals surface area contributed by atoms with Crippen molar-refractivity contribution < 1.29 is 19.4 Å². The summed E-state index contributed by atoms with van der Waals surface area (Å²) in [5.41, 5.74) is 0.979. The molecule has 1 aromatic carbocycles. The first kappa shape index (κ1) is 12.3. The average Bonchev–Trinajstić information content (AvgIpc) is 2.77.